The Morgan fingerprint density at radius 1 is 1.36 bits per heavy atom. The zero-order valence-corrected chi connectivity index (χ0v) is 6.73. The van der Waals surface area contributed by atoms with Gasteiger partial charge in [0.15, 0.2) is 0 Å². The average molecular weight is 169 g/mol. The second-order valence-corrected chi connectivity index (χ2v) is 2.59. The van der Waals surface area contributed by atoms with Gasteiger partial charge in [-0.1, -0.05) is 23.7 Å². The predicted molar refractivity (Wildman–Crippen MR) is 47.1 cm³/mol. The predicted octanol–water partition coefficient (Wildman–Crippen LogP) is 2.04. The second kappa shape index (κ2) is 3.98. The number of hydrogen-bond donors (Lipinski definition) is 2. The molecule has 0 aliphatic carbocycles. The highest BCUT2D eigenvalue weighted by Crippen LogP contribution is 2.08. The van der Waals surface area contributed by atoms with Crippen LogP contribution in [0.15, 0.2) is 24.3 Å². The van der Waals surface area contributed by atoms with Crippen molar-refractivity contribution in [2.24, 2.45) is 0 Å². The molecule has 1 aromatic rings. The lowest BCUT2D eigenvalue weighted by atomic mass is 10.2. The van der Waals surface area contributed by atoms with Gasteiger partial charge >= 0.3 is 0 Å². The lowest BCUT2D eigenvalue weighted by Crippen LogP contribution is -2.08. The van der Waals surface area contributed by atoms with Crippen molar-refractivity contribution in [2.75, 3.05) is 0 Å². The fourth-order valence-corrected chi connectivity index (χ4v) is 0.897. The smallest absolute Gasteiger partial charge is 0.0793 e. The van der Waals surface area contributed by atoms with Crippen LogP contribution in [0.5, 0.6) is 0 Å². The minimum Gasteiger partial charge on any atom is -0.373 e. The molecule has 0 atom stereocenters. The molecule has 1 aromatic carbocycles. The third kappa shape index (κ3) is 2.60. The van der Waals surface area contributed by atoms with E-state index in [4.69, 9.17) is 17.0 Å². The summed E-state index contributed by atoms with van der Waals surface area (Å²) in [6.45, 7) is 0.681. The van der Waals surface area contributed by atoms with Crippen LogP contribution in [0.1, 0.15) is 5.56 Å². The first-order valence-corrected chi connectivity index (χ1v) is 3.67. The molecule has 0 heterocycles. The Kier molecular flexibility index (Phi) is 2.93. The van der Waals surface area contributed by atoms with Gasteiger partial charge in [0, 0.05) is 11.6 Å². The maximum absolute atomic E-state index is 6.73. The van der Waals surface area contributed by atoms with Crippen molar-refractivity contribution in [3.8, 4) is 0 Å². The molecule has 0 unspecified atom stereocenters. The minimum atomic E-state index is 0.681. The summed E-state index contributed by atoms with van der Waals surface area (Å²) in [7, 11) is 0. The molecule has 0 amide bonds. The van der Waals surface area contributed by atoms with E-state index in [0.29, 0.717) is 6.54 Å². The fraction of sp³-hybridized carbons (Fsp3) is 0.125. The van der Waals surface area contributed by atoms with Crippen LogP contribution in [0.3, 0.4) is 0 Å². The molecular formula is C8H9ClN2. The van der Waals surface area contributed by atoms with Gasteiger partial charge in [-0.2, -0.15) is 0 Å². The van der Waals surface area contributed by atoms with Gasteiger partial charge in [0.2, 0.25) is 0 Å². The third-order valence-corrected chi connectivity index (χ3v) is 1.57. The normalized spacial score (nSPS) is 9.18. The lowest BCUT2D eigenvalue weighted by molar-refractivity contribution is 0.928. The Morgan fingerprint density at radius 3 is 2.55 bits per heavy atom. The quantitative estimate of drug-likeness (QED) is 0.526. The monoisotopic (exact) mass is 168 g/mol. The molecule has 3 heteroatoms. The number of halogens is 1. The van der Waals surface area contributed by atoms with E-state index in [1.807, 2.05) is 24.3 Å². The van der Waals surface area contributed by atoms with Gasteiger partial charge in [0.25, 0.3) is 0 Å². The average Bonchev–Trinajstić information content (AvgIpc) is 2.04. The maximum atomic E-state index is 6.73. The first kappa shape index (κ1) is 8.08. The standard InChI is InChI=1S/C8H9ClN2/c9-8-3-1-7(2-4-8)5-11-6-10/h1-4,6H,5H2,(H2,10,11). The van der Waals surface area contributed by atoms with E-state index in [0.717, 1.165) is 10.6 Å². The molecule has 0 saturated carbocycles. The summed E-state index contributed by atoms with van der Waals surface area (Å²) >= 11 is 5.68. The van der Waals surface area contributed by atoms with Crippen molar-refractivity contribution in [2.45, 2.75) is 6.54 Å². The molecule has 11 heavy (non-hydrogen) atoms. The van der Waals surface area contributed by atoms with E-state index in [1.54, 1.807) is 0 Å². The van der Waals surface area contributed by atoms with Crippen LogP contribution in [0.25, 0.3) is 0 Å². The van der Waals surface area contributed by atoms with Crippen molar-refractivity contribution < 1.29 is 0 Å². The van der Waals surface area contributed by atoms with Crippen LogP contribution < -0.4 is 5.32 Å². The number of hydrogen-bond acceptors (Lipinski definition) is 1. The Morgan fingerprint density at radius 2 is 2.00 bits per heavy atom. The lowest BCUT2D eigenvalue weighted by Gasteiger charge is -1.99. The highest BCUT2D eigenvalue weighted by molar-refractivity contribution is 6.30. The molecule has 0 bridgehead atoms. The minimum absolute atomic E-state index is 0.681. The maximum Gasteiger partial charge on any atom is 0.0793 e. The van der Waals surface area contributed by atoms with Gasteiger partial charge in [-0.25, -0.2) is 0 Å². The van der Waals surface area contributed by atoms with Crippen molar-refractivity contribution in [3.63, 3.8) is 0 Å². The molecule has 0 saturated heterocycles. The zero-order chi connectivity index (χ0) is 8.10. The molecular weight excluding hydrogens is 160 g/mol. The first-order valence-electron chi connectivity index (χ1n) is 3.29. The molecule has 58 valence electrons. The van der Waals surface area contributed by atoms with E-state index in [-0.39, 0.29) is 0 Å². The van der Waals surface area contributed by atoms with Crippen molar-refractivity contribution in [1.82, 2.24) is 5.32 Å². The van der Waals surface area contributed by atoms with Crippen LogP contribution >= 0.6 is 11.6 Å². The molecule has 0 fully saturated rings. The van der Waals surface area contributed by atoms with E-state index < -0.39 is 0 Å². The van der Waals surface area contributed by atoms with Crippen LogP contribution in [0, 0.1) is 5.41 Å². The van der Waals surface area contributed by atoms with E-state index in [9.17, 15) is 0 Å². The van der Waals surface area contributed by atoms with Gasteiger partial charge in [-0.05, 0) is 17.7 Å². The summed E-state index contributed by atoms with van der Waals surface area (Å²) in [5.41, 5.74) is 1.12. The number of nitrogens with one attached hydrogen (secondary N) is 2. The Hall–Kier alpha value is -1.02. The molecule has 2 N–H and O–H groups in total. The Bertz CT molecular complexity index is 230. The summed E-state index contributed by atoms with van der Waals surface area (Å²) in [6, 6.07) is 7.53. The number of benzene rings is 1. The molecule has 0 spiro atoms. The van der Waals surface area contributed by atoms with Crippen molar-refractivity contribution >= 4 is 17.9 Å². The molecule has 0 aliphatic heterocycles. The summed E-state index contributed by atoms with van der Waals surface area (Å²) in [5.74, 6) is 0. The molecule has 2 nitrogen and oxygen atoms in total. The van der Waals surface area contributed by atoms with E-state index in [2.05, 4.69) is 5.32 Å². The Labute approximate surface area is 70.7 Å². The van der Waals surface area contributed by atoms with Crippen LogP contribution in [0.4, 0.5) is 0 Å². The largest absolute Gasteiger partial charge is 0.373 e. The number of rotatable bonds is 3. The summed E-state index contributed by atoms with van der Waals surface area (Å²) in [6.07, 6.45) is 1.18. The molecule has 1 rings (SSSR count). The highest BCUT2D eigenvalue weighted by atomic mass is 35.5. The third-order valence-electron chi connectivity index (χ3n) is 1.32. The fourth-order valence-electron chi connectivity index (χ4n) is 0.771. The Balaban J connectivity index is 2.58. The van der Waals surface area contributed by atoms with E-state index in [1.165, 1.54) is 6.34 Å². The van der Waals surface area contributed by atoms with Crippen LogP contribution in [0.2, 0.25) is 5.02 Å². The van der Waals surface area contributed by atoms with Gasteiger partial charge in [-0.3, -0.25) is 5.41 Å². The summed E-state index contributed by atoms with van der Waals surface area (Å²) in [4.78, 5) is 0. The highest BCUT2D eigenvalue weighted by Gasteiger charge is 1.89. The zero-order valence-electron chi connectivity index (χ0n) is 5.97. The molecule has 0 radical (unpaired) electrons. The van der Waals surface area contributed by atoms with Crippen LogP contribution in [-0.4, -0.2) is 6.34 Å². The summed E-state index contributed by atoms with van der Waals surface area (Å²) in [5, 5.41) is 10.3. The van der Waals surface area contributed by atoms with Crippen LogP contribution in [-0.2, 0) is 6.54 Å². The van der Waals surface area contributed by atoms with Gasteiger partial charge in [0.1, 0.15) is 0 Å². The van der Waals surface area contributed by atoms with Gasteiger partial charge < -0.3 is 5.32 Å². The van der Waals surface area contributed by atoms with Gasteiger partial charge in [0.05, 0.1) is 6.34 Å². The van der Waals surface area contributed by atoms with Crippen molar-refractivity contribution in [1.29, 1.82) is 5.41 Å². The van der Waals surface area contributed by atoms with Crippen molar-refractivity contribution in [3.05, 3.63) is 34.9 Å². The topological polar surface area (TPSA) is 35.9 Å². The second-order valence-electron chi connectivity index (χ2n) is 2.15. The first-order chi connectivity index (χ1) is 5.33. The molecule has 0 aliphatic rings. The molecule has 0 aromatic heterocycles. The summed E-state index contributed by atoms with van der Waals surface area (Å²) < 4.78 is 0. The SMILES string of the molecule is N=CNCc1ccc(Cl)cc1. The van der Waals surface area contributed by atoms with Gasteiger partial charge in [-0.15, -0.1) is 0 Å². The van der Waals surface area contributed by atoms with E-state index >= 15 is 0 Å².